The van der Waals surface area contributed by atoms with Gasteiger partial charge in [-0.1, -0.05) is 24.3 Å². The number of halogens is 1. The predicted molar refractivity (Wildman–Crippen MR) is 84.3 cm³/mol. The zero-order chi connectivity index (χ0) is 16.0. The highest BCUT2D eigenvalue weighted by atomic mass is 35.5. The Balaban J connectivity index is 2.38. The van der Waals surface area contributed by atoms with Gasteiger partial charge in [0.2, 0.25) is 5.91 Å². The lowest BCUT2D eigenvalue weighted by atomic mass is 10.2. The Morgan fingerprint density at radius 3 is 2.50 bits per heavy atom. The summed E-state index contributed by atoms with van der Waals surface area (Å²) in [5.41, 5.74) is 0.515. The van der Waals surface area contributed by atoms with Crippen LogP contribution in [0.5, 0.6) is 0 Å². The quantitative estimate of drug-likeness (QED) is 0.817. The van der Waals surface area contributed by atoms with Gasteiger partial charge < -0.3 is 5.32 Å². The molecule has 0 aliphatic heterocycles. The van der Waals surface area contributed by atoms with E-state index in [1.165, 1.54) is 18.3 Å². The molecule has 1 amide bonds. The molecule has 1 aromatic heterocycles. The first kappa shape index (κ1) is 16.5. The fourth-order valence-electron chi connectivity index (χ4n) is 2.00. The summed E-state index contributed by atoms with van der Waals surface area (Å²) in [7, 11) is -3.66. The molecule has 1 heterocycles. The number of nitrogens with one attached hydrogen (secondary N) is 1. The van der Waals surface area contributed by atoms with Crippen molar-refractivity contribution in [2.75, 3.05) is 12.4 Å². The predicted octanol–water partition coefficient (Wildman–Crippen LogP) is 1.95. The zero-order valence-corrected chi connectivity index (χ0v) is 13.2. The number of pyridine rings is 1. The van der Waals surface area contributed by atoms with Gasteiger partial charge in [0.1, 0.15) is 11.1 Å². The molecule has 116 valence electrons. The van der Waals surface area contributed by atoms with Gasteiger partial charge in [0, 0.05) is 18.9 Å². The van der Waals surface area contributed by atoms with Gasteiger partial charge in [0.25, 0.3) is 0 Å². The number of aromatic nitrogens is 1. The summed E-state index contributed by atoms with van der Waals surface area (Å²) in [6, 6.07) is 11.4. The van der Waals surface area contributed by atoms with Gasteiger partial charge in [-0.2, -0.15) is 0 Å². The van der Waals surface area contributed by atoms with Gasteiger partial charge in [0.15, 0.2) is 9.84 Å². The lowest BCUT2D eigenvalue weighted by molar-refractivity contribution is -0.118. The third-order valence-electron chi connectivity index (χ3n) is 3.11. The second kappa shape index (κ2) is 7.38. The summed E-state index contributed by atoms with van der Waals surface area (Å²) in [4.78, 5) is 15.5. The topological polar surface area (TPSA) is 76.1 Å². The number of benzene rings is 1. The van der Waals surface area contributed by atoms with E-state index in [9.17, 15) is 13.2 Å². The SMILES string of the molecule is O=C(CCl)NCC(c1cccnc1)S(=O)(=O)c1ccccc1. The smallest absolute Gasteiger partial charge is 0.234 e. The van der Waals surface area contributed by atoms with Crippen LogP contribution in [0.4, 0.5) is 0 Å². The van der Waals surface area contributed by atoms with Crippen LogP contribution in [0.15, 0.2) is 59.8 Å². The number of amides is 1. The molecule has 0 radical (unpaired) electrons. The van der Waals surface area contributed by atoms with E-state index in [0.29, 0.717) is 5.56 Å². The highest BCUT2D eigenvalue weighted by Crippen LogP contribution is 2.27. The highest BCUT2D eigenvalue weighted by Gasteiger charge is 2.29. The highest BCUT2D eigenvalue weighted by molar-refractivity contribution is 7.91. The van der Waals surface area contributed by atoms with Crippen molar-refractivity contribution in [3.05, 3.63) is 60.4 Å². The first-order valence-electron chi connectivity index (χ1n) is 6.57. The van der Waals surface area contributed by atoms with Crippen LogP contribution in [0.25, 0.3) is 0 Å². The molecule has 0 fully saturated rings. The lowest BCUT2D eigenvalue weighted by Crippen LogP contribution is -2.32. The van der Waals surface area contributed by atoms with E-state index >= 15 is 0 Å². The van der Waals surface area contributed by atoms with Crippen LogP contribution in [-0.4, -0.2) is 31.7 Å². The Bertz CT molecular complexity index is 721. The monoisotopic (exact) mass is 338 g/mol. The minimum absolute atomic E-state index is 0.0610. The van der Waals surface area contributed by atoms with Gasteiger partial charge in [-0.3, -0.25) is 9.78 Å². The molecule has 0 spiro atoms. The molecule has 1 unspecified atom stereocenters. The number of hydrogen-bond donors (Lipinski definition) is 1. The third kappa shape index (κ3) is 3.84. The van der Waals surface area contributed by atoms with Crippen LogP contribution in [0.1, 0.15) is 10.8 Å². The van der Waals surface area contributed by atoms with Crippen molar-refractivity contribution >= 4 is 27.3 Å². The van der Waals surface area contributed by atoms with E-state index in [1.807, 2.05) is 0 Å². The fraction of sp³-hybridized carbons (Fsp3) is 0.200. The Morgan fingerprint density at radius 2 is 1.91 bits per heavy atom. The number of alkyl halides is 1. The second-order valence-electron chi connectivity index (χ2n) is 4.57. The van der Waals surface area contributed by atoms with Gasteiger partial charge >= 0.3 is 0 Å². The van der Waals surface area contributed by atoms with E-state index in [-0.39, 0.29) is 17.3 Å². The van der Waals surface area contributed by atoms with E-state index in [2.05, 4.69) is 10.3 Å². The number of hydrogen-bond acceptors (Lipinski definition) is 4. The summed E-state index contributed by atoms with van der Waals surface area (Å²) in [5, 5.41) is 1.61. The van der Waals surface area contributed by atoms with E-state index in [1.54, 1.807) is 36.5 Å². The molecule has 1 aromatic carbocycles. The second-order valence-corrected chi connectivity index (χ2v) is 6.97. The maximum Gasteiger partial charge on any atom is 0.234 e. The number of nitrogens with zero attached hydrogens (tertiary/aromatic N) is 1. The normalized spacial score (nSPS) is 12.6. The Morgan fingerprint density at radius 1 is 1.18 bits per heavy atom. The molecule has 0 bridgehead atoms. The molecule has 0 saturated heterocycles. The maximum absolute atomic E-state index is 12.8. The molecule has 22 heavy (non-hydrogen) atoms. The summed E-state index contributed by atoms with van der Waals surface area (Å²) >= 11 is 5.44. The van der Waals surface area contributed by atoms with Crippen LogP contribution < -0.4 is 5.32 Å². The molecule has 0 aliphatic rings. The molecule has 0 aliphatic carbocycles. The average molecular weight is 339 g/mol. The molecular formula is C15H15ClN2O3S. The molecular weight excluding hydrogens is 324 g/mol. The number of rotatable bonds is 6. The summed E-state index contributed by atoms with van der Waals surface area (Å²) < 4.78 is 25.6. The molecule has 1 atom stereocenters. The van der Waals surface area contributed by atoms with Crippen molar-refractivity contribution in [1.82, 2.24) is 10.3 Å². The summed E-state index contributed by atoms with van der Waals surface area (Å²) in [6.45, 7) is -0.0610. The van der Waals surface area contributed by atoms with Crippen molar-refractivity contribution in [2.24, 2.45) is 0 Å². The van der Waals surface area contributed by atoms with Crippen molar-refractivity contribution in [2.45, 2.75) is 10.1 Å². The molecule has 5 nitrogen and oxygen atoms in total. The minimum Gasteiger partial charge on any atom is -0.353 e. The van der Waals surface area contributed by atoms with E-state index < -0.39 is 21.0 Å². The zero-order valence-electron chi connectivity index (χ0n) is 11.6. The Hall–Kier alpha value is -1.92. The van der Waals surface area contributed by atoms with Crippen molar-refractivity contribution < 1.29 is 13.2 Å². The van der Waals surface area contributed by atoms with Gasteiger partial charge in [-0.05, 0) is 23.8 Å². The van der Waals surface area contributed by atoms with Crippen LogP contribution in [0, 0.1) is 0 Å². The van der Waals surface area contributed by atoms with Crippen molar-refractivity contribution in [3.63, 3.8) is 0 Å². The standard InChI is InChI=1S/C15H15ClN2O3S/c16-9-15(19)18-11-14(12-5-4-8-17-10-12)22(20,21)13-6-2-1-3-7-13/h1-8,10,14H,9,11H2,(H,18,19). The largest absolute Gasteiger partial charge is 0.353 e. The van der Waals surface area contributed by atoms with Gasteiger partial charge in [-0.25, -0.2) is 8.42 Å². The first-order valence-corrected chi connectivity index (χ1v) is 8.65. The molecule has 2 rings (SSSR count). The van der Waals surface area contributed by atoms with Gasteiger partial charge in [-0.15, -0.1) is 11.6 Å². The number of carbonyl (C=O) groups excluding carboxylic acids is 1. The maximum atomic E-state index is 12.8. The fourth-order valence-corrected chi connectivity index (χ4v) is 3.76. The van der Waals surface area contributed by atoms with Crippen LogP contribution in [0.2, 0.25) is 0 Å². The van der Waals surface area contributed by atoms with E-state index in [4.69, 9.17) is 11.6 Å². The molecule has 0 saturated carbocycles. The average Bonchev–Trinajstić information content (AvgIpc) is 2.56. The minimum atomic E-state index is -3.66. The summed E-state index contributed by atoms with van der Waals surface area (Å²) in [5.74, 6) is -0.635. The number of carbonyl (C=O) groups is 1. The number of sulfone groups is 1. The molecule has 1 N–H and O–H groups in total. The Labute approximate surface area is 134 Å². The van der Waals surface area contributed by atoms with Crippen LogP contribution in [0.3, 0.4) is 0 Å². The van der Waals surface area contributed by atoms with Crippen LogP contribution >= 0.6 is 11.6 Å². The van der Waals surface area contributed by atoms with E-state index in [0.717, 1.165) is 0 Å². The first-order chi connectivity index (χ1) is 10.6. The third-order valence-corrected chi connectivity index (χ3v) is 5.47. The molecule has 7 heteroatoms. The van der Waals surface area contributed by atoms with Gasteiger partial charge in [0.05, 0.1) is 4.90 Å². The molecule has 2 aromatic rings. The summed E-state index contributed by atoms with van der Waals surface area (Å²) in [6.07, 6.45) is 3.05. The lowest BCUT2D eigenvalue weighted by Gasteiger charge is -2.18. The van der Waals surface area contributed by atoms with Crippen molar-refractivity contribution in [3.8, 4) is 0 Å². The van der Waals surface area contributed by atoms with Crippen LogP contribution in [-0.2, 0) is 14.6 Å². The van der Waals surface area contributed by atoms with Crippen molar-refractivity contribution in [1.29, 1.82) is 0 Å². The Kier molecular flexibility index (Phi) is 5.51.